The van der Waals surface area contributed by atoms with Crippen molar-refractivity contribution in [2.75, 3.05) is 13.7 Å². The Balaban J connectivity index is 1.99. The van der Waals surface area contributed by atoms with Crippen LogP contribution in [0.4, 0.5) is 0 Å². The first-order chi connectivity index (χ1) is 7.03. The van der Waals surface area contributed by atoms with Gasteiger partial charge in [-0.25, -0.2) is 0 Å². The van der Waals surface area contributed by atoms with E-state index in [2.05, 4.69) is 26.1 Å². The van der Waals surface area contributed by atoms with Crippen molar-refractivity contribution in [1.29, 1.82) is 0 Å². The third-order valence-electron chi connectivity index (χ3n) is 3.33. The molecule has 2 heteroatoms. The molecule has 1 unspecified atom stereocenters. The fourth-order valence-corrected chi connectivity index (χ4v) is 2.04. The Morgan fingerprint density at radius 2 is 2.07 bits per heavy atom. The molecule has 1 saturated carbocycles. The van der Waals surface area contributed by atoms with Gasteiger partial charge in [-0.3, -0.25) is 0 Å². The highest BCUT2D eigenvalue weighted by molar-refractivity contribution is 4.76. The van der Waals surface area contributed by atoms with E-state index in [0.29, 0.717) is 6.04 Å². The molecule has 0 amide bonds. The van der Waals surface area contributed by atoms with E-state index in [4.69, 9.17) is 4.74 Å². The normalized spacial score (nSPS) is 19.2. The molecule has 1 atom stereocenters. The molecule has 0 aliphatic heterocycles. The SMILES string of the molecule is COC(C)(C)CC(C)NCCCC1CC1. The van der Waals surface area contributed by atoms with Crippen molar-refractivity contribution in [2.24, 2.45) is 5.92 Å². The molecule has 0 radical (unpaired) electrons. The van der Waals surface area contributed by atoms with Gasteiger partial charge in [0.15, 0.2) is 0 Å². The molecule has 0 spiro atoms. The second kappa shape index (κ2) is 5.86. The molecule has 1 rings (SSSR count). The second-order valence-electron chi connectivity index (χ2n) is 5.61. The van der Waals surface area contributed by atoms with E-state index < -0.39 is 0 Å². The highest BCUT2D eigenvalue weighted by atomic mass is 16.5. The summed E-state index contributed by atoms with van der Waals surface area (Å²) in [5.41, 5.74) is 0.00289. The van der Waals surface area contributed by atoms with Gasteiger partial charge < -0.3 is 10.1 Å². The Morgan fingerprint density at radius 1 is 1.40 bits per heavy atom. The van der Waals surface area contributed by atoms with Crippen LogP contribution in [0.15, 0.2) is 0 Å². The van der Waals surface area contributed by atoms with Gasteiger partial charge in [-0.2, -0.15) is 0 Å². The number of hydrogen-bond donors (Lipinski definition) is 1. The second-order valence-corrected chi connectivity index (χ2v) is 5.61. The van der Waals surface area contributed by atoms with Crippen LogP contribution in [0.1, 0.15) is 52.9 Å². The van der Waals surface area contributed by atoms with Crippen molar-refractivity contribution in [2.45, 2.75) is 64.5 Å². The summed E-state index contributed by atoms with van der Waals surface area (Å²) < 4.78 is 5.42. The first-order valence-electron chi connectivity index (χ1n) is 6.32. The molecule has 0 aromatic rings. The Kier molecular flexibility index (Phi) is 5.07. The van der Waals surface area contributed by atoms with Crippen molar-refractivity contribution in [3.63, 3.8) is 0 Å². The van der Waals surface area contributed by atoms with E-state index in [1.165, 1.54) is 25.7 Å². The van der Waals surface area contributed by atoms with Crippen LogP contribution in [0.2, 0.25) is 0 Å². The third-order valence-corrected chi connectivity index (χ3v) is 3.33. The van der Waals surface area contributed by atoms with Gasteiger partial charge in [0.25, 0.3) is 0 Å². The van der Waals surface area contributed by atoms with Gasteiger partial charge in [-0.15, -0.1) is 0 Å². The van der Waals surface area contributed by atoms with Gasteiger partial charge in [0, 0.05) is 13.2 Å². The van der Waals surface area contributed by atoms with Crippen LogP contribution in [0.3, 0.4) is 0 Å². The van der Waals surface area contributed by atoms with E-state index in [1.54, 1.807) is 7.11 Å². The summed E-state index contributed by atoms with van der Waals surface area (Å²) in [5, 5.41) is 3.58. The van der Waals surface area contributed by atoms with Crippen LogP contribution in [0.25, 0.3) is 0 Å². The van der Waals surface area contributed by atoms with Gasteiger partial charge in [0.2, 0.25) is 0 Å². The molecular weight excluding hydrogens is 186 g/mol. The Labute approximate surface area is 94.8 Å². The maximum Gasteiger partial charge on any atom is 0.0637 e. The number of hydrogen-bond acceptors (Lipinski definition) is 2. The van der Waals surface area contributed by atoms with Crippen molar-refractivity contribution >= 4 is 0 Å². The lowest BCUT2D eigenvalue weighted by Crippen LogP contribution is -2.36. The summed E-state index contributed by atoms with van der Waals surface area (Å²) in [5.74, 6) is 1.07. The molecule has 2 nitrogen and oxygen atoms in total. The average molecular weight is 213 g/mol. The smallest absolute Gasteiger partial charge is 0.0637 e. The minimum atomic E-state index is 0.00289. The first kappa shape index (κ1) is 13.0. The largest absolute Gasteiger partial charge is 0.379 e. The van der Waals surface area contributed by atoms with E-state index in [-0.39, 0.29) is 5.60 Å². The maximum absolute atomic E-state index is 5.42. The molecule has 0 heterocycles. The van der Waals surface area contributed by atoms with Gasteiger partial charge in [-0.05, 0) is 52.5 Å². The molecule has 0 aromatic carbocycles. The lowest BCUT2D eigenvalue weighted by Gasteiger charge is -2.27. The first-order valence-corrected chi connectivity index (χ1v) is 6.32. The highest BCUT2D eigenvalue weighted by Crippen LogP contribution is 2.33. The molecule has 1 aliphatic rings. The highest BCUT2D eigenvalue weighted by Gasteiger charge is 2.21. The van der Waals surface area contributed by atoms with Crippen molar-refractivity contribution < 1.29 is 4.74 Å². The van der Waals surface area contributed by atoms with Crippen molar-refractivity contribution in [3.8, 4) is 0 Å². The van der Waals surface area contributed by atoms with Crippen LogP contribution in [0.5, 0.6) is 0 Å². The lowest BCUT2D eigenvalue weighted by atomic mass is 10.00. The molecule has 90 valence electrons. The summed E-state index contributed by atoms with van der Waals surface area (Å²) in [6, 6.07) is 0.555. The predicted molar refractivity (Wildman–Crippen MR) is 65.1 cm³/mol. The average Bonchev–Trinajstić information content (AvgIpc) is 2.95. The summed E-state index contributed by atoms with van der Waals surface area (Å²) in [6.07, 6.45) is 6.79. The van der Waals surface area contributed by atoms with Gasteiger partial charge in [0.05, 0.1) is 5.60 Å². The minimum absolute atomic E-state index is 0.00289. The molecular formula is C13H27NO. The topological polar surface area (TPSA) is 21.3 Å². The zero-order valence-corrected chi connectivity index (χ0v) is 10.8. The number of ether oxygens (including phenoxy) is 1. The minimum Gasteiger partial charge on any atom is -0.379 e. The summed E-state index contributed by atoms with van der Waals surface area (Å²) >= 11 is 0. The van der Waals surface area contributed by atoms with Crippen LogP contribution >= 0.6 is 0 Å². The number of methoxy groups -OCH3 is 1. The van der Waals surface area contributed by atoms with Crippen molar-refractivity contribution in [1.82, 2.24) is 5.32 Å². The van der Waals surface area contributed by atoms with E-state index in [0.717, 1.165) is 18.9 Å². The quantitative estimate of drug-likeness (QED) is 0.626. The summed E-state index contributed by atoms with van der Waals surface area (Å²) in [7, 11) is 1.79. The Bertz CT molecular complexity index is 175. The summed E-state index contributed by atoms with van der Waals surface area (Å²) in [4.78, 5) is 0. The van der Waals surface area contributed by atoms with Crippen LogP contribution in [-0.4, -0.2) is 25.3 Å². The van der Waals surface area contributed by atoms with Gasteiger partial charge >= 0.3 is 0 Å². The standard InChI is InChI=1S/C13H27NO/c1-11(10-13(2,3)15-4)14-9-5-6-12-7-8-12/h11-12,14H,5-10H2,1-4H3. The van der Waals surface area contributed by atoms with Crippen LogP contribution in [0, 0.1) is 5.92 Å². The van der Waals surface area contributed by atoms with Crippen LogP contribution in [-0.2, 0) is 4.74 Å². The van der Waals surface area contributed by atoms with E-state index in [9.17, 15) is 0 Å². The number of nitrogens with one attached hydrogen (secondary N) is 1. The fraction of sp³-hybridized carbons (Fsp3) is 1.00. The van der Waals surface area contributed by atoms with Gasteiger partial charge in [0.1, 0.15) is 0 Å². The zero-order chi connectivity index (χ0) is 11.3. The van der Waals surface area contributed by atoms with Crippen molar-refractivity contribution in [3.05, 3.63) is 0 Å². The molecule has 1 N–H and O–H groups in total. The zero-order valence-electron chi connectivity index (χ0n) is 10.8. The molecule has 1 aliphatic carbocycles. The van der Waals surface area contributed by atoms with E-state index >= 15 is 0 Å². The predicted octanol–water partition coefficient (Wildman–Crippen LogP) is 2.97. The lowest BCUT2D eigenvalue weighted by molar-refractivity contribution is 0.00859. The molecule has 15 heavy (non-hydrogen) atoms. The molecule has 0 saturated heterocycles. The summed E-state index contributed by atoms with van der Waals surface area (Å²) in [6.45, 7) is 7.71. The Hall–Kier alpha value is -0.0800. The Morgan fingerprint density at radius 3 is 2.60 bits per heavy atom. The molecule has 0 aromatic heterocycles. The monoisotopic (exact) mass is 213 g/mol. The molecule has 1 fully saturated rings. The molecule has 0 bridgehead atoms. The van der Waals surface area contributed by atoms with Crippen LogP contribution < -0.4 is 5.32 Å². The number of rotatable bonds is 8. The third kappa shape index (κ3) is 6.16. The van der Waals surface area contributed by atoms with Gasteiger partial charge in [-0.1, -0.05) is 12.8 Å². The maximum atomic E-state index is 5.42. The fourth-order valence-electron chi connectivity index (χ4n) is 2.04. The van der Waals surface area contributed by atoms with E-state index in [1.807, 2.05) is 0 Å².